The lowest BCUT2D eigenvalue weighted by Crippen LogP contribution is -1.97. The predicted octanol–water partition coefficient (Wildman–Crippen LogP) is 3.32. The van der Waals surface area contributed by atoms with Crippen molar-refractivity contribution in [3.8, 4) is 0 Å². The number of aromatic nitrogens is 2. The Morgan fingerprint density at radius 2 is 1.90 bits per heavy atom. The van der Waals surface area contributed by atoms with Gasteiger partial charge in [-0.1, -0.05) is 30.3 Å². The fourth-order valence-electron chi connectivity index (χ4n) is 2.28. The summed E-state index contributed by atoms with van der Waals surface area (Å²) in [4.78, 5) is 6.02. The van der Waals surface area contributed by atoms with E-state index >= 15 is 0 Å². The van der Waals surface area contributed by atoms with Gasteiger partial charge in [0.05, 0.1) is 16.8 Å². The molecule has 0 atom stereocenters. The van der Waals surface area contributed by atoms with Crippen LogP contribution in [0.5, 0.6) is 0 Å². The van der Waals surface area contributed by atoms with E-state index in [0.29, 0.717) is 6.54 Å². The summed E-state index contributed by atoms with van der Waals surface area (Å²) in [6.07, 6.45) is 0. The monoisotopic (exact) mass is 283 g/mol. The van der Waals surface area contributed by atoms with Crippen molar-refractivity contribution in [2.24, 2.45) is 12.8 Å². The van der Waals surface area contributed by atoms with Crippen LogP contribution in [0.1, 0.15) is 11.4 Å². The second kappa shape index (κ2) is 5.69. The Morgan fingerprint density at radius 3 is 2.65 bits per heavy atom. The number of benzene rings is 2. The quantitative estimate of drug-likeness (QED) is 0.747. The summed E-state index contributed by atoms with van der Waals surface area (Å²) < 4.78 is 2.16. The maximum Gasteiger partial charge on any atom is 0.120 e. The van der Waals surface area contributed by atoms with Gasteiger partial charge in [0.2, 0.25) is 0 Å². The van der Waals surface area contributed by atoms with Crippen molar-refractivity contribution < 1.29 is 0 Å². The second-order valence-corrected chi connectivity index (χ2v) is 5.73. The molecule has 2 aromatic carbocycles. The van der Waals surface area contributed by atoms with Crippen LogP contribution in [0, 0.1) is 0 Å². The van der Waals surface area contributed by atoms with Gasteiger partial charge in [-0.15, -0.1) is 11.8 Å². The van der Waals surface area contributed by atoms with Crippen molar-refractivity contribution in [3.63, 3.8) is 0 Å². The van der Waals surface area contributed by atoms with Crippen LogP contribution in [-0.4, -0.2) is 9.55 Å². The summed E-state index contributed by atoms with van der Waals surface area (Å²) in [7, 11) is 2.07. The number of hydrogen-bond donors (Lipinski definition) is 1. The second-order valence-electron chi connectivity index (χ2n) is 4.68. The standard InChI is InChI=1S/C16H17N3S/c1-19-14-9-5-6-12(10-17)16(14)18-15(19)11-20-13-7-3-2-4-8-13/h2-9H,10-11,17H2,1H3. The number of aryl methyl sites for hydroxylation is 1. The van der Waals surface area contributed by atoms with E-state index < -0.39 is 0 Å². The first kappa shape index (κ1) is 13.2. The normalized spacial score (nSPS) is 11.1. The molecule has 0 aliphatic carbocycles. The first-order valence-electron chi connectivity index (χ1n) is 6.60. The number of thioether (sulfide) groups is 1. The zero-order chi connectivity index (χ0) is 13.9. The molecule has 4 heteroatoms. The molecule has 3 aromatic rings. The molecule has 3 rings (SSSR count). The summed E-state index contributed by atoms with van der Waals surface area (Å²) >= 11 is 1.80. The van der Waals surface area contributed by atoms with Gasteiger partial charge in [-0.25, -0.2) is 4.98 Å². The highest BCUT2D eigenvalue weighted by Crippen LogP contribution is 2.25. The molecule has 3 nitrogen and oxygen atoms in total. The Hall–Kier alpha value is -1.78. The fourth-order valence-corrected chi connectivity index (χ4v) is 3.18. The average molecular weight is 283 g/mol. The maximum absolute atomic E-state index is 5.79. The molecule has 0 aliphatic rings. The van der Waals surface area contributed by atoms with Crippen LogP contribution in [-0.2, 0) is 19.3 Å². The molecule has 0 aliphatic heterocycles. The molecular formula is C16H17N3S. The number of para-hydroxylation sites is 1. The van der Waals surface area contributed by atoms with Crippen molar-refractivity contribution in [1.82, 2.24) is 9.55 Å². The number of imidazole rings is 1. The lowest BCUT2D eigenvalue weighted by Gasteiger charge is -2.02. The average Bonchev–Trinajstić information content (AvgIpc) is 2.83. The van der Waals surface area contributed by atoms with Gasteiger partial charge in [0.15, 0.2) is 0 Å². The van der Waals surface area contributed by atoms with E-state index in [-0.39, 0.29) is 0 Å². The van der Waals surface area contributed by atoms with E-state index in [1.807, 2.05) is 18.2 Å². The van der Waals surface area contributed by atoms with Gasteiger partial charge in [0.1, 0.15) is 5.82 Å². The molecular weight excluding hydrogens is 266 g/mol. The molecule has 0 radical (unpaired) electrons. The summed E-state index contributed by atoms with van der Waals surface area (Å²) in [6.45, 7) is 0.527. The van der Waals surface area contributed by atoms with Crippen molar-refractivity contribution in [3.05, 3.63) is 59.9 Å². The van der Waals surface area contributed by atoms with Crippen LogP contribution in [0.2, 0.25) is 0 Å². The van der Waals surface area contributed by atoms with Gasteiger partial charge in [-0.05, 0) is 23.8 Å². The molecule has 0 amide bonds. The van der Waals surface area contributed by atoms with Gasteiger partial charge in [-0.3, -0.25) is 0 Å². The zero-order valence-electron chi connectivity index (χ0n) is 11.4. The summed E-state index contributed by atoms with van der Waals surface area (Å²) in [5.41, 5.74) is 9.07. The van der Waals surface area contributed by atoms with E-state index in [0.717, 1.165) is 28.2 Å². The smallest absolute Gasteiger partial charge is 0.120 e. The molecule has 20 heavy (non-hydrogen) atoms. The number of rotatable bonds is 4. The Kier molecular flexibility index (Phi) is 3.76. The van der Waals surface area contributed by atoms with Crippen LogP contribution in [0.15, 0.2) is 53.4 Å². The third kappa shape index (κ3) is 2.44. The minimum atomic E-state index is 0.527. The topological polar surface area (TPSA) is 43.8 Å². The van der Waals surface area contributed by atoms with Crippen molar-refractivity contribution >= 4 is 22.8 Å². The Bertz CT molecular complexity index is 719. The SMILES string of the molecule is Cn1c(CSc2ccccc2)nc2c(CN)cccc21. The van der Waals surface area contributed by atoms with Gasteiger partial charge in [0, 0.05) is 18.5 Å². The van der Waals surface area contributed by atoms with Gasteiger partial charge in [-0.2, -0.15) is 0 Å². The van der Waals surface area contributed by atoms with E-state index in [1.165, 1.54) is 4.90 Å². The van der Waals surface area contributed by atoms with Crippen LogP contribution in [0.4, 0.5) is 0 Å². The van der Waals surface area contributed by atoms with Crippen molar-refractivity contribution in [2.75, 3.05) is 0 Å². The van der Waals surface area contributed by atoms with Crippen molar-refractivity contribution in [2.45, 2.75) is 17.2 Å². The van der Waals surface area contributed by atoms with Crippen LogP contribution < -0.4 is 5.73 Å². The molecule has 0 saturated heterocycles. The molecule has 0 saturated carbocycles. The lowest BCUT2D eigenvalue weighted by molar-refractivity contribution is 0.876. The molecule has 2 N–H and O–H groups in total. The highest BCUT2D eigenvalue weighted by Gasteiger charge is 2.10. The fraction of sp³-hybridized carbons (Fsp3) is 0.188. The maximum atomic E-state index is 5.79. The Morgan fingerprint density at radius 1 is 1.10 bits per heavy atom. The molecule has 102 valence electrons. The molecule has 0 spiro atoms. The van der Waals surface area contributed by atoms with E-state index in [2.05, 4.69) is 41.9 Å². The minimum Gasteiger partial charge on any atom is -0.330 e. The minimum absolute atomic E-state index is 0.527. The third-order valence-corrected chi connectivity index (χ3v) is 4.43. The highest BCUT2D eigenvalue weighted by molar-refractivity contribution is 7.98. The van der Waals surface area contributed by atoms with Crippen molar-refractivity contribution in [1.29, 1.82) is 0 Å². The first-order valence-corrected chi connectivity index (χ1v) is 7.59. The van der Waals surface area contributed by atoms with Crippen LogP contribution >= 0.6 is 11.8 Å². The van der Waals surface area contributed by atoms with E-state index in [1.54, 1.807) is 11.8 Å². The van der Waals surface area contributed by atoms with E-state index in [9.17, 15) is 0 Å². The van der Waals surface area contributed by atoms with E-state index in [4.69, 9.17) is 10.7 Å². The molecule has 0 bridgehead atoms. The number of fused-ring (bicyclic) bond motifs is 1. The zero-order valence-corrected chi connectivity index (χ0v) is 12.2. The van der Waals surface area contributed by atoms with Gasteiger partial charge < -0.3 is 10.3 Å². The third-order valence-electron chi connectivity index (χ3n) is 3.42. The van der Waals surface area contributed by atoms with Crippen LogP contribution in [0.25, 0.3) is 11.0 Å². The first-order chi connectivity index (χ1) is 9.79. The largest absolute Gasteiger partial charge is 0.330 e. The number of nitrogens with two attached hydrogens (primary N) is 1. The summed E-state index contributed by atoms with van der Waals surface area (Å²) in [6, 6.07) is 16.6. The number of nitrogens with zero attached hydrogens (tertiary/aromatic N) is 2. The molecule has 0 unspecified atom stereocenters. The number of hydrogen-bond acceptors (Lipinski definition) is 3. The summed E-state index contributed by atoms with van der Waals surface area (Å²) in [5, 5.41) is 0. The van der Waals surface area contributed by atoms with Gasteiger partial charge >= 0.3 is 0 Å². The van der Waals surface area contributed by atoms with Crippen LogP contribution in [0.3, 0.4) is 0 Å². The molecule has 1 heterocycles. The molecule has 1 aromatic heterocycles. The van der Waals surface area contributed by atoms with Gasteiger partial charge in [0.25, 0.3) is 0 Å². The summed E-state index contributed by atoms with van der Waals surface area (Å²) in [5.74, 6) is 1.94. The molecule has 0 fully saturated rings. The predicted molar refractivity (Wildman–Crippen MR) is 84.6 cm³/mol. The lowest BCUT2D eigenvalue weighted by atomic mass is 10.2. The Labute approximate surface area is 122 Å². The Balaban J connectivity index is 1.90. The highest BCUT2D eigenvalue weighted by atomic mass is 32.2.